The van der Waals surface area contributed by atoms with Gasteiger partial charge in [0.25, 0.3) is 0 Å². The Morgan fingerprint density at radius 3 is 1.11 bits per heavy atom. The second-order valence-electron chi connectivity index (χ2n) is 31.2. The Balaban J connectivity index is 0.000000652. The van der Waals surface area contributed by atoms with Crippen molar-refractivity contribution < 1.29 is 23.0 Å². The van der Waals surface area contributed by atoms with E-state index in [-0.39, 0.29) is 11.6 Å². The molecule has 0 unspecified atom stereocenters. The Morgan fingerprint density at radius 1 is 0.281 bits per heavy atom. The molecule has 0 heterocycles. The van der Waals surface area contributed by atoms with E-state index in [0.29, 0.717) is 5.69 Å². The van der Waals surface area contributed by atoms with E-state index in [2.05, 4.69) is 192 Å². The zero-order valence-electron chi connectivity index (χ0n) is 75.1. The summed E-state index contributed by atoms with van der Waals surface area (Å²) in [6.07, 6.45) is 50.7. The lowest BCUT2D eigenvalue weighted by atomic mass is 10.0. The minimum absolute atomic E-state index is 0.0337. The van der Waals surface area contributed by atoms with Crippen LogP contribution in [-0.2, 0) is 36.8 Å². The molecule has 0 amide bonds. The SMILES string of the molecule is CCCCCCCCc1ccc(C)cc1F.CCCCCCCNc1ccc(C)cc1F.CCCCCCOCCc1ccccc1.CCCCCCOc1ccccc1.CCCCCCOc1ccccc1C.CCCCCCc1ccc(C)cc1.CCCCCCc1ccc(C)cc1.CCCCCCc1ccc(C)cc1Cl. The summed E-state index contributed by atoms with van der Waals surface area (Å²) >= 11 is 6.14. The van der Waals surface area contributed by atoms with Gasteiger partial charge < -0.3 is 19.5 Å². The quantitative estimate of drug-likeness (QED) is 0.0386. The number of rotatable bonds is 49. The van der Waals surface area contributed by atoms with Crippen LogP contribution in [0.4, 0.5) is 14.5 Å². The maximum Gasteiger partial charge on any atom is 0.146 e. The average Bonchev–Trinajstić information content (AvgIpc) is 0.889. The van der Waals surface area contributed by atoms with Gasteiger partial charge in [0, 0.05) is 18.2 Å². The molecule has 0 radical (unpaired) electrons. The maximum atomic E-state index is 13.5. The highest BCUT2D eigenvalue weighted by atomic mass is 35.5. The van der Waals surface area contributed by atoms with Gasteiger partial charge in [-0.25, -0.2) is 8.78 Å². The Kier molecular flexibility index (Phi) is 70.4. The van der Waals surface area contributed by atoms with Gasteiger partial charge in [0.2, 0.25) is 0 Å². The van der Waals surface area contributed by atoms with Crippen LogP contribution in [0.2, 0.25) is 5.02 Å². The summed E-state index contributed by atoms with van der Waals surface area (Å²) in [6.45, 7) is 34.5. The van der Waals surface area contributed by atoms with Crippen LogP contribution in [0, 0.1) is 53.2 Å². The summed E-state index contributed by atoms with van der Waals surface area (Å²) in [5.74, 6) is 1.84. The van der Waals surface area contributed by atoms with Gasteiger partial charge in [-0.05, 0) is 218 Å². The maximum absolute atomic E-state index is 13.5. The van der Waals surface area contributed by atoms with E-state index in [1.165, 1.54) is 269 Å². The van der Waals surface area contributed by atoms with Crippen molar-refractivity contribution in [2.24, 2.45) is 0 Å². The van der Waals surface area contributed by atoms with Crippen molar-refractivity contribution in [3.63, 3.8) is 0 Å². The fourth-order valence-corrected chi connectivity index (χ4v) is 12.8. The molecule has 0 aliphatic rings. The number of anilines is 1. The van der Waals surface area contributed by atoms with E-state index < -0.39 is 0 Å². The lowest BCUT2D eigenvalue weighted by molar-refractivity contribution is 0.133. The number of hydrogen-bond acceptors (Lipinski definition) is 4. The molecular formula is C107H164ClF2NO3. The lowest BCUT2D eigenvalue weighted by Gasteiger charge is -2.07. The van der Waals surface area contributed by atoms with E-state index in [0.717, 1.165) is 98.3 Å². The van der Waals surface area contributed by atoms with Gasteiger partial charge in [0.1, 0.15) is 23.1 Å². The molecule has 0 aromatic heterocycles. The third kappa shape index (κ3) is 61.6. The van der Waals surface area contributed by atoms with E-state index in [9.17, 15) is 8.78 Å². The van der Waals surface area contributed by atoms with Gasteiger partial charge in [-0.15, -0.1) is 0 Å². The van der Waals surface area contributed by atoms with Crippen molar-refractivity contribution >= 4 is 17.3 Å². The topological polar surface area (TPSA) is 39.7 Å². The molecule has 8 rings (SSSR count). The van der Waals surface area contributed by atoms with Crippen molar-refractivity contribution in [2.45, 2.75) is 354 Å². The molecule has 8 aromatic carbocycles. The molecule has 0 saturated heterocycles. The first-order chi connectivity index (χ1) is 55.6. The van der Waals surface area contributed by atoms with Gasteiger partial charge in [-0.2, -0.15) is 0 Å². The highest BCUT2D eigenvalue weighted by Gasteiger charge is 2.05. The molecule has 4 nitrogen and oxygen atoms in total. The molecule has 0 fully saturated rings. The van der Waals surface area contributed by atoms with Gasteiger partial charge in [0.05, 0.1) is 25.5 Å². The number of hydrogen-bond donors (Lipinski definition) is 1. The number of aryl methyl sites for hydroxylation is 10. The van der Waals surface area contributed by atoms with E-state index in [1.807, 2.05) is 86.6 Å². The van der Waals surface area contributed by atoms with Gasteiger partial charge in [0.15, 0.2) is 0 Å². The smallest absolute Gasteiger partial charge is 0.146 e. The molecule has 8 aromatic rings. The number of halogens is 3. The summed E-state index contributed by atoms with van der Waals surface area (Å²) in [5.41, 5.74) is 14.3. The number of ether oxygens (including phenoxy) is 3. The zero-order valence-corrected chi connectivity index (χ0v) is 75.8. The predicted octanol–water partition coefficient (Wildman–Crippen LogP) is 34.0. The highest BCUT2D eigenvalue weighted by molar-refractivity contribution is 6.31. The molecule has 0 saturated carbocycles. The molecule has 636 valence electrons. The minimum atomic E-state index is -0.145. The number of benzene rings is 8. The molecule has 7 heteroatoms. The second-order valence-corrected chi connectivity index (χ2v) is 31.6. The standard InChI is InChI=1S/C15H23F.C14H22FN.C14H22O.C13H19Cl.C13H20O.2C13H20.C12H18O/c1-3-4-5-6-7-8-9-14-11-10-13(2)12-15(14)16;1-3-4-5-6-7-10-16-14-9-8-12(2)11-13(14)15;1-2-3-4-8-12-15-13-11-14-9-6-5-7-10-14;1-3-4-5-6-7-12-9-8-11(2)10-13(12)14;1-3-4-5-8-11-14-13-10-7-6-9-12(13)2;2*1-3-4-5-6-7-13-10-8-12(2)9-11-13;1-2-3-4-8-11-13-12-9-6-5-7-10-12/h10-12H,3-9H2,1-2H3;8-9,11,16H,3-7,10H2,1-2H3;5-7,9-10H,2-4,8,11-13H2,1H3;8-10H,3-7H2,1-2H3;6-7,9-10H,3-5,8,11H2,1-2H3;2*8-11H,3-7H2,1-2H3;5-7,9-10H,2-4,8,11H2,1H3. The molecule has 1 N–H and O–H groups in total. The summed E-state index contributed by atoms with van der Waals surface area (Å²) in [4.78, 5) is 0. The second kappa shape index (κ2) is 76.3. The molecule has 0 atom stereocenters. The van der Waals surface area contributed by atoms with Crippen molar-refractivity contribution in [3.05, 3.63) is 266 Å². The molecule has 0 bridgehead atoms. The Labute approximate surface area is 705 Å². The molecule has 0 spiro atoms. The Morgan fingerprint density at radius 2 is 0.640 bits per heavy atom. The van der Waals surface area contributed by atoms with Crippen molar-refractivity contribution in [2.75, 3.05) is 38.3 Å². The number of unbranched alkanes of at least 4 members (excludes halogenated alkanes) is 27. The fraction of sp³-hybridized carbons (Fsp3) is 0.551. The Bertz CT molecular complexity index is 3270. The largest absolute Gasteiger partial charge is 0.494 e. The van der Waals surface area contributed by atoms with Crippen molar-refractivity contribution in [1.29, 1.82) is 0 Å². The van der Waals surface area contributed by atoms with Crippen LogP contribution in [0.1, 0.15) is 341 Å². The third-order valence-electron chi connectivity index (χ3n) is 20.0. The predicted molar refractivity (Wildman–Crippen MR) is 501 cm³/mol. The van der Waals surface area contributed by atoms with E-state index >= 15 is 0 Å². The molecule has 114 heavy (non-hydrogen) atoms. The third-order valence-corrected chi connectivity index (χ3v) is 20.3. The summed E-state index contributed by atoms with van der Waals surface area (Å²) in [5, 5.41) is 4.07. The number of nitrogens with one attached hydrogen (secondary N) is 1. The summed E-state index contributed by atoms with van der Waals surface area (Å²) in [7, 11) is 0. The zero-order chi connectivity index (χ0) is 83.4. The monoisotopic (exact) mass is 1580 g/mol. The van der Waals surface area contributed by atoms with Gasteiger partial charge in [-0.1, -0.05) is 397 Å². The minimum Gasteiger partial charge on any atom is -0.494 e. The van der Waals surface area contributed by atoms with Crippen LogP contribution in [0.25, 0.3) is 0 Å². The van der Waals surface area contributed by atoms with E-state index in [1.54, 1.807) is 12.1 Å². The van der Waals surface area contributed by atoms with Crippen LogP contribution < -0.4 is 14.8 Å². The average molecular weight is 1590 g/mol. The van der Waals surface area contributed by atoms with Crippen LogP contribution in [0.15, 0.2) is 188 Å². The van der Waals surface area contributed by atoms with Gasteiger partial charge in [-0.3, -0.25) is 0 Å². The molecular weight excluding hydrogens is 1420 g/mol. The lowest BCUT2D eigenvalue weighted by Crippen LogP contribution is -2.03. The Hall–Kier alpha value is -6.73. The summed E-state index contributed by atoms with van der Waals surface area (Å²) < 4.78 is 43.7. The first kappa shape index (κ1) is 105. The van der Waals surface area contributed by atoms with Crippen molar-refractivity contribution in [3.8, 4) is 11.5 Å². The molecule has 0 aliphatic carbocycles. The highest BCUT2D eigenvalue weighted by Crippen LogP contribution is 2.22. The normalized spacial score (nSPS) is 10.4. The van der Waals surface area contributed by atoms with Crippen molar-refractivity contribution in [1.82, 2.24) is 0 Å². The first-order valence-corrected chi connectivity index (χ1v) is 46.0. The van der Waals surface area contributed by atoms with Crippen LogP contribution in [0.3, 0.4) is 0 Å². The van der Waals surface area contributed by atoms with Crippen LogP contribution >= 0.6 is 11.6 Å². The van der Waals surface area contributed by atoms with Crippen LogP contribution in [-0.4, -0.2) is 33.0 Å². The number of para-hydroxylation sites is 2. The van der Waals surface area contributed by atoms with Gasteiger partial charge >= 0.3 is 0 Å². The van der Waals surface area contributed by atoms with Crippen LogP contribution in [0.5, 0.6) is 11.5 Å². The molecule has 0 aliphatic heterocycles. The van der Waals surface area contributed by atoms with E-state index in [4.69, 9.17) is 25.8 Å². The first-order valence-electron chi connectivity index (χ1n) is 45.7. The fourth-order valence-electron chi connectivity index (χ4n) is 12.5. The summed E-state index contributed by atoms with van der Waals surface area (Å²) in [6, 6.07) is 63.7.